The third-order valence-electron chi connectivity index (χ3n) is 3.20. The van der Waals surface area contributed by atoms with Crippen molar-refractivity contribution in [3.63, 3.8) is 0 Å². The predicted molar refractivity (Wildman–Crippen MR) is 69.3 cm³/mol. The predicted octanol–water partition coefficient (Wildman–Crippen LogP) is 2.52. The van der Waals surface area contributed by atoms with Crippen LogP contribution in [-0.2, 0) is 9.47 Å². The Labute approximate surface area is 111 Å². The molecule has 2 rings (SSSR count). The summed E-state index contributed by atoms with van der Waals surface area (Å²) in [5.41, 5.74) is 5.45. The molecule has 0 aliphatic carbocycles. The van der Waals surface area contributed by atoms with Gasteiger partial charge in [-0.25, -0.2) is 9.18 Å². The van der Waals surface area contributed by atoms with E-state index in [0.29, 0.717) is 12.8 Å². The lowest BCUT2D eigenvalue weighted by Gasteiger charge is -2.31. The summed E-state index contributed by atoms with van der Waals surface area (Å²) in [4.78, 5) is 12.0. The first-order chi connectivity index (χ1) is 8.97. The zero-order chi connectivity index (χ0) is 14.0. The van der Waals surface area contributed by atoms with E-state index in [9.17, 15) is 9.18 Å². The highest BCUT2D eigenvalue weighted by molar-refractivity contribution is 5.95. The van der Waals surface area contributed by atoms with Crippen molar-refractivity contribution in [2.45, 2.75) is 45.0 Å². The second-order valence-corrected chi connectivity index (χ2v) is 4.96. The van der Waals surface area contributed by atoms with Crippen LogP contribution in [0.5, 0.6) is 0 Å². The van der Waals surface area contributed by atoms with E-state index in [4.69, 9.17) is 15.2 Å². The number of esters is 1. The summed E-state index contributed by atoms with van der Waals surface area (Å²) in [5.74, 6) is -1.19. The number of anilines is 1. The van der Waals surface area contributed by atoms with Crippen molar-refractivity contribution in [1.82, 2.24) is 0 Å². The maximum Gasteiger partial charge on any atom is 0.340 e. The molecule has 1 aliphatic heterocycles. The monoisotopic (exact) mass is 267 g/mol. The van der Waals surface area contributed by atoms with E-state index in [0.717, 1.165) is 0 Å². The van der Waals surface area contributed by atoms with Crippen LogP contribution in [0.15, 0.2) is 18.2 Å². The Balaban J connectivity index is 2.06. The van der Waals surface area contributed by atoms with Gasteiger partial charge >= 0.3 is 5.97 Å². The molecule has 1 saturated heterocycles. The molecule has 0 radical (unpaired) electrons. The minimum atomic E-state index is -0.608. The molecule has 0 spiro atoms. The van der Waals surface area contributed by atoms with E-state index in [1.165, 1.54) is 18.2 Å². The summed E-state index contributed by atoms with van der Waals surface area (Å²) in [5, 5.41) is 0. The van der Waals surface area contributed by atoms with Gasteiger partial charge in [-0.05, 0) is 26.0 Å². The van der Waals surface area contributed by atoms with Crippen molar-refractivity contribution in [2.24, 2.45) is 0 Å². The summed E-state index contributed by atoms with van der Waals surface area (Å²) in [6.07, 6.45) is 1.17. The van der Waals surface area contributed by atoms with Gasteiger partial charge in [-0.3, -0.25) is 0 Å². The van der Waals surface area contributed by atoms with Crippen LogP contribution in [0.25, 0.3) is 0 Å². The molecule has 0 aromatic heterocycles. The second kappa shape index (κ2) is 5.57. The zero-order valence-corrected chi connectivity index (χ0v) is 11.1. The van der Waals surface area contributed by atoms with Gasteiger partial charge in [0, 0.05) is 12.8 Å². The molecule has 2 N–H and O–H groups in total. The number of ether oxygens (including phenoxy) is 2. The van der Waals surface area contributed by atoms with Gasteiger partial charge in [0.2, 0.25) is 0 Å². The van der Waals surface area contributed by atoms with Crippen molar-refractivity contribution in [3.05, 3.63) is 29.6 Å². The summed E-state index contributed by atoms with van der Waals surface area (Å²) >= 11 is 0. The molecule has 0 amide bonds. The minimum absolute atomic E-state index is 0.0476. The van der Waals surface area contributed by atoms with Gasteiger partial charge in [-0.1, -0.05) is 6.07 Å². The maximum absolute atomic E-state index is 13.3. The number of hydrogen-bond acceptors (Lipinski definition) is 4. The molecule has 1 aromatic rings. The Kier molecular flexibility index (Phi) is 4.04. The fraction of sp³-hybridized carbons (Fsp3) is 0.500. The highest BCUT2D eigenvalue weighted by Gasteiger charge is 2.28. The average Bonchev–Trinajstić information content (AvgIpc) is 2.31. The first kappa shape index (κ1) is 13.8. The first-order valence-corrected chi connectivity index (χ1v) is 6.37. The lowest BCUT2D eigenvalue weighted by atomic mass is 10.0. The van der Waals surface area contributed by atoms with Gasteiger partial charge < -0.3 is 15.2 Å². The number of halogens is 1. The molecule has 0 saturated carbocycles. The summed E-state index contributed by atoms with van der Waals surface area (Å²) in [6, 6.07) is 4.12. The zero-order valence-electron chi connectivity index (χ0n) is 11.1. The molecular weight excluding hydrogens is 249 g/mol. The average molecular weight is 267 g/mol. The van der Waals surface area contributed by atoms with Crippen LogP contribution < -0.4 is 5.73 Å². The van der Waals surface area contributed by atoms with E-state index in [-0.39, 0.29) is 29.6 Å². The Morgan fingerprint density at radius 3 is 2.63 bits per heavy atom. The normalized spacial score (nSPS) is 27.0. The van der Waals surface area contributed by atoms with Gasteiger partial charge in [-0.2, -0.15) is 0 Å². The highest BCUT2D eigenvalue weighted by Crippen LogP contribution is 2.24. The molecule has 104 valence electrons. The molecule has 1 aromatic carbocycles. The van der Waals surface area contributed by atoms with Crippen LogP contribution in [0, 0.1) is 5.82 Å². The van der Waals surface area contributed by atoms with Gasteiger partial charge in [0.25, 0.3) is 0 Å². The van der Waals surface area contributed by atoms with E-state index in [2.05, 4.69) is 0 Å². The van der Waals surface area contributed by atoms with Crippen molar-refractivity contribution in [1.29, 1.82) is 0 Å². The number of nitrogens with two attached hydrogens (primary N) is 1. The van der Waals surface area contributed by atoms with E-state index in [1.54, 1.807) is 0 Å². The molecule has 2 unspecified atom stereocenters. The summed E-state index contributed by atoms with van der Waals surface area (Å²) < 4.78 is 24.2. The molecule has 2 atom stereocenters. The SMILES string of the molecule is CC1CC(OC(=O)c2cccc(F)c2N)CC(C)O1. The van der Waals surface area contributed by atoms with Gasteiger partial charge in [0.05, 0.1) is 23.5 Å². The maximum atomic E-state index is 13.3. The number of carbonyl (C=O) groups is 1. The van der Waals surface area contributed by atoms with E-state index >= 15 is 0 Å². The number of hydrogen-bond donors (Lipinski definition) is 1. The largest absolute Gasteiger partial charge is 0.459 e. The third-order valence-corrected chi connectivity index (χ3v) is 3.20. The molecule has 1 heterocycles. The molecule has 4 nitrogen and oxygen atoms in total. The van der Waals surface area contributed by atoms with Crippen molar-refractivity contribution < 1.29 is 18.7 Å². The summed E-state index contributed by atoms with van der Waals surface area (Å²) in [6.45, 7) is 3.88. The van der Waals surface area contributed by atoms with Crippen LogP contribution in [0.2, 0.25) is 0 Å². The quantitative estimate of drug-likeness (QED) is 0.660. The first-order valence-electron chi connectivity index (χ1n) is 6.37. The number of nitrogen functional groups attached to an aromatic ring is 1. The number of para-hydroxylation sites is 1. The van der Waals surface area contributed by atoms with Crippen LogP contribution in [0.4, 0.5) is 10.1 Å². The van der Waals surface area contributed by atoms with Gasteiger partial charge in [0.1, 0.15) is 11.9 Å². The number of carbonyl (C=O) groups excluding carboxylic acids is 1. The van der Waals surface area contributed by atoms with Crippen LogP contribution in [0.1, 0.15) is 37.0 Å². The van der Waals surface area contributed by atoms with Crippen LogP contribution in [-0.4, -0.2) is 24.3 Å². The lowest BCUT2D eigenvalue weighted by Crippen LogP contribution is -2.35. The molecule has 5 heteroatoms. The Bertz CT molecular complexity index is 468. The second-order valence-electron chi connectivity index (χ2n) is 4.96. The fourth-order valence-electron chi connectivity index (χ4n) is 2.37. The van der Waals surface area contributed by atoms with Crippen molar-refractivity contribution >= 4 is 11.7 Å². The molecule has 19 heavy (non-hydrogen) atoms. The smallest absolute Gasteiger partial charge is 0.340 e. The van der Waals surface area contributed by atoms with Gasteiger partial charge in [-0.15, -0.1) is 0 Å². The Morgan fingerprint density at radius 1 is 1.37 bits per heavy atom. The molecule has 1 aliphatic rings. The third kappa shape index (κ3) is 3.23. The lowest BCUT2D eigenvalue weighted by molar-refractivity contribution is -0.0855. The van der Waals surface area contributed by atoms with Crippen molar-refractivity contribution in [2.75, 3.05) is 5.73 Å². The van der Waals surface area contributed by atoms with E-state index in [1.807, 2.05) is 13.8 Å². The molecule has 0 bridgehead atoms. The molecular formula is C14H18FNO3. The minimum Gasteiger partial charge on any atom is -0.459 e. The standard InChI is InChI=1S/C14H18FNO3/c1-8-6-10(7-9(2)18-8)19-14(17)11-4-3-5-12(15)13(11)16/h3-5,8-10H,6-7,16H2,1-2H3. The summed E-state index contributed by atoms with van der Waals surface area (Å²) in [7, 11) is 0. The Morgan fingerprint density at radius 2 is 2.00 bits per heavy atom. The highest BCUT2D eigenvalue weighted by atomic mass is 19.1. The van der Waals surface area contributed by atoms with Gasteiger partial charge in [0.15, 0.2) is 0 Å². The fourth-order valence-corrected chi connectivity index (χ4v) is 2.37. The topological polar surface area (TPSA) is 61.5 Å². The Hall–Kier alpha value is -1.62. The van der Waals surface area contributed by atoms with Crippen LogP contribution >= 0.6 is 0 Å². The number of rotatable bonds is 2. The number of benzene rings is 1. The van der Waals surface area contributed by atoms with Crippen LogP contribution in [0.3, 0.4) is 0 Å². The van der Waals surface area contributed by atoms with E-state index < -0.39 is 11.8 Å². The van der Waals surface area contributed by atoms with Crippen molar-refractivity contribution in [3.8, 4) is 0 Å². The molecule has 1 fully saturated rings.